The molecular weight excluding hydrogens is 530 g/mol. The number of fused-ring (bicyclic) bond motifs is 4. The van der Waals surface area contributed by atoms with Gasteiger partial charge in [-0.05, 0) is 74.7 Å². The molecule has 44 heavy (non-hydrogen) atoms. The van der Waals surface area contributed by atoms with Crippen LogP contribution in [0.1, 0.15) is 25.0 Å². The van der Waals surface area contributed by atoms with Gasteiger partial charge in [0.2, 0.25) is 0 Å². The summed E-state index contributed by atoms with van der Waals surface area (Å²) in [4.78, 5) is 2.46. The van der Waals surface area contributed by atoms with Crippen LogP contribution in [0.4, 0.5) is 17.1 Å². The van der Waals surface area contributed by atoms with Crippen molar-refractivity contribution in [3.8, 4) is 33.4 Å². The number of benzene rings is 7. The zero-order valence-corrected chi connectivity index (χ0v) is 25.0. The topological polar surface area (TPSA) is 3.24 Å². The Kier molecular flexibility index (Phi) is 6.20. The third-order valence-corrected chi connectivity index (χ3v) is 9.25. The Morgan fingerprint density at radius 1 is 0.432 bits per heavy atom. The van der Waals surface area contributed by atoms with Crippen LogP contribution < -0.4 is 4.90 Å². The first kappa shape index (κ1) is 26.2. The second kappa shape index (κ2) is 10.4. The molecule has 7 aromatic carbocycles. The van der Waals surface area contributed by atoms with Crippen molar-refractivity contribution in [2.75, 3.05) is 4.90 Å². The fraction of sp³-hybridized carbons (Fsp3) is 0.0698. The lowest BCUT2D eigenvalue weighted by atomic mass is 9.81. The van der Waals surface area contributed by atoms with E-state index in [1.54, 1.807) is 0 Å². The van der Waals surface area contributed by atoms with Crippen LogP contribution in [-0.2, 0) is 5.41 Å². The average Bonchev–Trinajstić information content (AvgIpc) is 3.31. The van der Waals surface area contributed by atoms with Gasteiger partial charge in [0.1, 0.15) is 0 Å². The van der Waals surface area contributed by atoms with E-state index in [4.69, 9.17) is 0 Å². The number of hydrogen-bond donors (Lipinski definition) is 0. The van der Waals surface area contributed by atoms with Crippen LogP contribution in [0.3, 0.4) is 0 Å². The largest absolute Gasteiger partial charge is 0.309 e. The highest BCUT2D eigenvalue weighted by molar-refractivity contribution is 6.03. The molecule has 7 aromatic rings. The first-order valence-electron chi connectivity index (χ1n) is 15.4. The quantitative estimate of drug-likeness (QED) is 0.201. The molecule has 0 fully saturated rings. The van der Waals surface area contributed by atoms with Gasteiger partial charge in [0.15, 0.2) is 0 Å². The van der Waals surface area contributed by atoms with Gasteiger partial charge in [0, 0.05) is 22.1 Å². The molecule has 210 valence electrons. The standard InChI is InChI=1S/C43H33N/c1-43(2)38-26-15-25-35(31-16-6-3-7-17-31)42(38)37-28-36(32-18-8-4-9-19-32)41(29-39(37)43)44(33-22-10-5-11-23-33)40-27-14-21-30-20-12-13-24-34(30)40/h3-29H,1-2H3. The van der Waals surface area contributed by atoms with Crippen molar-refractivity contribution in [3.05, 3.63) is 175 Å². The predicted octanol–water partition coefficient (Wildman–Crippen LogP) is 11.9. The normalized spacial score (nSPS) is 13.0. The molecule has 0 atom stereocenters. The van der Waals surface area contributed by atoms with Gasteiger partial charge in [-0.3, -0.25) is 0 Å². The van der Waals surface area contributed by atoms with Crippen LogP contribution in [0.15, 0.2) is 164 Å². The van der Waals surface area contributed by atoms with E-state index in [1.165, 1.54) is 66.7 Å². The molecule has 0 saturated heterocycles. The Bertz CT molecular complexity index is 2120. The Labute approximate surface area is 259 Å². The SMILES string of the molecule is CC1(C)c2cc(N(c3ccccc3)c3cccc4ccccc34)c(-c3ccccc3)cc2-c2c(-c3ccccc3)cccc21. The van der Waals surface area contributed by atoms with Gasteiger partial charge in [-0.2, -0.15) is 0 Å². The van der Waals surface area contributed by atoms with Gasteiger partial charge in [0.25, 0.3) is 0 Å². The fourth-order valence-corrected chi connectivity index (χ4v) is 7.10. The number of hydrogen-bond acceptors (Lipinski definition) is 1. The van der Waals surface area contributed by atoms with Crippen molar-refractivity contribution in [2.24, 2.45) is 0 Å². The smallest absolute Gasteiger partial charge is 0.0543 e. The molecule has 0 spiro atoms. The molecule has 8 rings (SSSR count). The highest BCUT2D eigenvalue weighted by Crippen LogP contribution is 2.56. The van der Waals surface area contributed by atoms with Gasteiger partial charge in [0.05, 0.1) is 11.4 Å². The van der Waals surface area contributed by atoms with Gasteiger partial charge in [-0.15, -0.1) is 0 Å². The van der Waals surface area contributed by atoms with Crippen LogP contribution in [0, 0.1) is 0 Å². The molecule has 0 saturated carbocycles. The van der Waals surface area contributed by atoms with E-state index in [1.807, 2.05) is 0 Å². The molecule has 0 unspecified atom stereocenters. The highest BCUT2D eigenvalue weighted by atomic mass is 15.1. The maximum atomic E-state index is 2.47. The summed E-state index contributed by atoms with van der Waals surface area (Å²) in [6.07, 6.45) is 0. The number of anilines is 3. The van der Waals surface area contributed by atoms with Crippen molar-refractivity contribution in [2.45, 2.75) is 19.3 Å². The molecule has 0 radical (unpaired) electrons. The summed E-state index contributed by atoms with van der Waals surface area (Å²) in [5.74, 6) is 0. The summed E-state index contributed by atoms with van der Waals surface area (Å²) >= 11 is 0. The number of rotatable bonds is 5. The average molecular weight is 564 g/mol. The third kappa shape index (κ3) is 4.16. The molecule has 0 heterocycles. The predicted molar refractivity (Wildman–Crippen MR) is 187 cm³/mol. The summed E-state index contributed by atoms with van der Waals surface area (Å²) in [7, 11) is 0. The van der Waals surface area contributed by atoms with Crippen molar-refractivity contribution in [1.82, 2.24) is 0 Å². The Morgan fingerprint density at radius 3 is 1.75 bits per heavy atom. The minimum atomic E-state index is -0.166. The fourth-order valence-electron chi connectivity index (χ4n) is 7.10. The highest BCUT2D eigenvalue weighted by Gasteiger charge is 2.38. The summed E-state index contributed by atoms with van der Waals surface area (Å²) < 4.78 is 0. The first-order chi connectivity index (χ1) is 21.6. The van der Waals surface area contributed by atoms with Crippen molar-refractivity contribution < 1.29 is 0 Å². The van der Waals surface area contributed by atoms with E-state index in [2.05, 4.69) is 183 Å². The lowest BCUT2D eigenvalue weighted by molar-refractivity contribution is 0.660. The lowest BCUT2D eigenvalue weighted by Crippen LogP contribution is -2.17. The second-order valence-corrected chi connectivity index (χ2v) is 12.2. The van der Waals surface area contributed by atoms with E-state index in [0.29, 0.717) is 0 Å². The van der Waals surface area contributed by atoms with Crippen molar-refractivity contribution in [3.63, 3.8) is 0 Å². The van der Waals surface area contributed by atoms with E-state index in [-0.39, 0.29) is 5.41 Å². The zero-order chi connectivity index (χ0) is 29.7. The Morgan fingerprint density at radius 2 is 1.02 bits per heavy atom. The number of para-hydroxylation sites is 1. The molecule has 0 N–H and O–H groups in total. The van der Waals surface area contributed by atoms with E-state index in [0.717, 1.165) is 5.69 Å². The molecular formula is C43H33N. The maximum absolute atomic E-state index is 2.47. The van der Waals surface area contributed by atoms with E-state index >= 15 is 0 Å². The molecule has 0 aliphatic heterocycles. The van der Waals surface area contributed by atoms with Crippen molar-refractivity contribution >= 4 is 27.8 Å². The molecule has 0 bridgehead atoms. The minimum Gasteiger partial charge on any atom is -0.309 e. The molecule has 0 aromatic heterocycles. The summed E-state index contributed by atoms with van der Waals surface area (Å²) in [5, 5.41) is 2.46. The summed E-state index contributed by atoms with van der Waals surface area (Å²) in [6.45, 7) is 4.76. The van der Waals surface area contributed by atoms with Crippen LogP contribution >= 0.6 is 0 Å². The van der Waals surface area contributed by atoms with Crippen molar-refractivity contribution in [1.29, 1.82) is 0 Å². The lowest BCUT2D eigenvalue weighted by Gasteiger charge is -2.31. The van der Waals surface area contributed by atoms with E-state index in [9.17, 15) is 0 Å². The number of nitrogens with zero attached hydrogens (tertiary/aromatic N) is 1. The monoisotopic (exact) mass is 563 g/mol. The maximum Gasteiger partial charge on any atom is 0.0543 e. The van der Waals surface area contributed by atoms with Gasteiger partial charge in [-0.25, -0.2) is 0 Å². The van der Waals surface area contributed by atoms with Gasteiger partial charge < -0.3 is 4.90 Å². The van der Waals surface area contributed by atoms with Crippen LogP contribution in [0.5, 0.6) is 0 Å². The second-order valence-electron chi connectivity index (χ2n) is 12.2. The van der Waals surface area contributed by atoms with Gasteiger partial charge >= 0.3 is 0 Å². The minimum absolute atomic E-state index is 0.166. The molecule has 1 aliphatic carbocycles. The summed E-state index contributed by atoms with van der Waals surface area (Å²) in [5.41, 5.74) is 13.7. The molecule has 1 aliphatic rings. The molecule has 0 amide bonds. The van der Waals surface area contributed by atoms with Crippen LogP contribution in [0.25, 0.3) is 44.2 Å². The first-order valence-corrected chi connectivity index (χ1v) is 15.4. The Balaban J connectivity index is 1.47. The Hall–Kier alpha value is -5.40. The molecule has 1 heteroatoms. The van der Waals surface area contributed by atoms with Gasteiger partial charge in [-0.1, -0.05) is 147 Å². The van der Waals surface area contributed by atoms with Crippen LogP contribution in [0.2, 0.25) is 0 Å². The zero-order valence-electron chi connectivity index (χ0n) is 25.0. The third-order valence-electron chi connectivity index (χ3n) is 9.25. The van der Waals surface area contributed by atoms with Crippen LogP contribution in [-0.4, -0.2) is 0 Å². The summed E-state index contributed by atoms with van der Waals surface area (Å²) in [6, 6.07) is 59.6. The molecule has 1 nitrogen and oxygen atoms in total. The van der Waals surface area contributed by atoms with E-state index < -0.39 is 0 Å².